The van der Waals surface area contributed by atoms with Crippen LogP contribution in [0.15, 0.2) is 47.4 Å². The van der Waals surface area contributed by atoms with E-state index in [0.29, 0.717) is 45.0 Å². The number of ketones is 1. The first-order chi connectivity index (χ1) is 15.8. The molecule has 0 spiro atoms. The summed E-state index contributed by atoms with van der Waals surface area (Å²) >= 11 is 0. The summed E-state index contributed by atoms with van der Waals surface area (Å²) in [5.74, 6) is -1.28. The minimum absolute atomic E-state index is 0.00291. The summed E-state index contributed by atoms with van der Waals surface area (Å²) in [5, 5.41) is 0. The molecule has 2 saturated heterocycles. The van der Waals surface area contributed by atoms with Gasteiger partial charge in [0.2, 0.25) is 10.0 Å². The van der Waals surface area contributed by atoms with E-state index < -0.39 is 21.7 Å². The fourth-order valence-electron chi connectivity index (χ4n) is 4.01. The molecule has 2 aliphatic rings. The predicted octanol–water partition coefficient (Wildman–Crippen LogP) is 2.01. The van der Waals surface area contributed by atoms with Crippen molar-refractivity contribution in [3.05, 3.63) is 59.4 Å². The van der Waals surface area contributed by atoms with E-state index in [9.17, 15) is 22.4 Å². The van der Waals surface area contributed by atoms with Crippen molar-refractivity contribution in [2.75, 3.05) is 57.4 Å². The molecule has 10 heteroatoms. The maximum absolute atomic E-state index is 14.5. The van der Waals surface area contributed by atoms with Gasteiger partial charge in [0.05, 0.1) is 23.7 Å². The van der Waals surface area contributed by atoms with Gasteiger partial charge in [-0.05, 0) is 49.4 Å². The number of hydrogen-bond donors (Lipinski definition) is 0. The summed E-state index contributed by atoms with van der Waals surface area (Å²) in [5.41, 5.74) is 1.33. The third kappa shape index (κ3) is 4.92. The van der Waals surface area contributed by atoms with E-state index in [2.05, 4.69) is 4.90 Å². The Morgan fingerprint density at radius 3 is 2.15 bits per heavy atom. The Bertz CT molecular complexity index is 1140. The number of ether oxygens (including phenoxy) is 1. The molecular weight excluding hydrogens is 449 g/mol. The molecule has 8 nitrogen and oxygen atoms in total. The molecule has 2 heterocycles. The number of hydrogen-bond acceptors (Lipinski definition) is 6. The van der Waals surface area contributed by atoms with Crippen molar-refractivity contribution in [2.45, 2.75) is 11.8 Å². The number of amides is 1. The lowest BCUT2D eigenvalue weighted by molar-refractivity contribution is 0.0728. The lowest BCUT2D eigenvalue weighted by Crippen LogP contribution is -2.49. The van der Waals surface area contributed by atoms with Crippen LogP contribution in [0.4, 0.5) is 10.1 Å². The maximum atomic E-state index is 14.5. The van der Waals surface area contributed by atoms with E-state index in [0.717, 1.165) is 17.8 Å². The molecule has 0 radical (unpaired) electrons. The van der Waals surface area contributed by atoms with Crippen LogP contribution < -0.4 is 4.90 Å². The highest BCUT2D eigenvalue weighted by atomic mass is 32.2. The van der Waals surface area contributed by atoms with Gasteiger partial charge in [0.1, 0.15) is 5.82 Å². The number of piperazine rings is 1. The Kier molecular flexibility index (Phi) is 6.78. The first-order valence-corrected chi connectivity index (χ1v) is 12.2. The van der Waals surface area contributed by atoms with E-state index in [1.54, 1.807) is 12.1 Å². The van der Waals surface area contributed by atoms with E-state index in [4.69, 9.17) is 4.74 Å². The van der Waals surface area contributed by atoms with Gasteiger partial charge in [-0.3, -0.25) is 9.59 Å². The number of rotatable bonds is 5. The monoisotopic (exact) mass is 475 g/mol. The number of sulfonamides is 1. The number of anilines is 1. The average molecular weight is 476 g/mol. The lowest BCUT2D eigenvalue weighted by atomic mass is 10.1. The van der Waals surface area contributed by atoms with Crippen molar-refractivity contribution in [3.8, 4) is 0 Å². The fourth-order valence-corrected chi connectivity index (χ4v) is 5.44. The number of nitrogens with zero attached hydrogens (tertiary/aromatic N) is 3. The second-order valence-electron chi connectivity index (χ2n) is 8.04. The highest BCUT2D eigenvalue weighted by Crippen LogP contribution is 2.23. The predicted molar refractivity (Wildman–Crippen MR) is 121 cm³/mol. The SMILES string of the molecule is CC(=O)c1ccc(N2CCN(C(=O)c3cc(S(=O)(=O)N4CCOCC4)ccc3F)CC2)cc1. The quantitative estimate of drug-likeness (QED) is 0.615. The molecule has 0 aromatic heterocycles. The third-order valence-electron chi connectivity index (χ3n) is 5.98. The van der Waals surface area contributed by atoms with Gasteiger partial charge < -0.3 is 14.5 Å². The molecule has 2 aliphatic heterocycles. The Labute approximate surface area is 192 Å². The Balaban J connectivity index is 1.46. The highest BCUT2D eigenvalue weighted by Gasteiger charge is 2.30. The molecule has 0 unspecified atom stereocenters. The second-order valence-corrected chi connectivity index (χ2v) is 9.98. The summed E-state index contributed by atoms with van der Waals surface area (Å²) < 4.78 is 46.8. The summed E-state index contributed by atoms with van der Waals surface area (Å²) in [6.45, 7) is 4.37. The van der Waals surface area contributed by atoms with Crippen molar-refractivity contribution in [1.82, 2.24) is 9.21 Å². The standard InChI is InChI=1S/C23H26FN3O5S/c1-17(28)18-2-4-19(5-3-18)25-8-10-26(11-9-25)23(29)21-16-20(6-7-22(21)24)33(30,31)27-12-14-32-15-13-27/h2-7,16H,8-15H2,1H3. The van der Waals surface area contributed by atoms with Crippen LogP contribution in [0.5, 0.6) is 0 Å². The zero-order valence-electron chi connectivity index (χ0n) is 18.4. The van der Waals surface area contributed by atoms with Gasteiger partial charge in [0.15, 0.2) is 5.78 Å². The number of carbonyl (C=O) groups is 2. The van der Waals surface area contributed by atoms with Crippen molar-refractivity contribution < 1.29 is 27.1 Å². The lowest BCUT2D eigenvalue weighted by Gasteiger charge is -2.36. The normalized spacial score (nSPS) is 17.8. The zero-order chi connectivity index (χ0) is 23.6. The minimum Gasteiger partial charge on any atom is -0.379 e. The molecule has 0 aliphatic carbocycles. The van der Waals surface area contributed by atoms with Gasteiger partial charge in [0.25, 0.3) is 5.91 Å². The molecule has 0 bridgehead atoms. The van der Waals surface area contributed by atoms with Gasteiger partial charge in [-0.1, -0.05) is 0 Å². The van der Waals surface area contributed by atoms with Crippen molar-refractivity contribution in [3.63, 3.8) is 0 Å². The topological polar surface area (TPSA) is 87.2 Å². The van der Waals surface area contributed by atoms with Crippen molar-refractivity contribution >= 4 is 27.4 Å². The van der Waals surface area contributed by atoms with E-state index in [1.165, 1.54) is 22.2 Å². The van der Waals surface area contributed by atoms with Crippen LogP contribution in [-0.2, 0) is 14.8 Å². The van der Waals surface area contributed by atoms with Gasteiger partial charge in [-0.2, -0.15) is 4.31 Å². The molecule has 4 rings (SSSR count). The largest absolute Gasteiger partial charge is 0.379 e. The van der Waals surface area contributed by atoms with Gasteiger partial charge in [0, 0.05) is 50.5 Å². The van der Waals surface area contributed by atoms with Gasteiger partial charge >= 0.3 is 0 Å². The van der Waals surface area contributed by atoms with Gasteiger partial charge in [-0.25, -0.2) is 12.8 Å². The Hall–Kier alpha value is -2.82. The van der Waals surface area contributed by atoms with E-state index in [1.807, 2.05) is 12.1 Å². The maximum Gasteiger partial charge on any atom is 0.256 e. The van der Waals surface area contributed by atoms with Crippen LogP contribution in [0.2, 0.25) is 0 Å². The molecule has 0 atom stereocenters. The average Bonchev–Trinajstić information content (AvgIpc) is 2.84. The first kappa shape index (κ1) is 23.3. The molecule has 2 aromatic carbocycles. The molecule has 0 N–H and O–H groups in total. The summed E-state index contributed by atoms with van der Waals surface area (Å²) in [7, 11) is -3.84. The van der Waals surface area contributed by atoms with E-state index >= 15 is 0 Å². The van der Waals surface area contributed by atoms with Crippen LogP contribution in [0.1, 0.15) is 27.6 Å². The number of morpholine rings is 1. The molecule has 2 aromatic rings. The van der Waals surface area contributed by atoms with Crippen LogP contribution in [0.3, 0.4) is 0 Å². The molecule has 33 heavy (non-hydrogen) atoms. The number of halogens is 1. The van der Waals surface area contributed by atoms with Crippen LogP contribution in [-0.4, -0.2) is 81.8 Å². The molecular formula is C23H26FN3O5S. The summed E-state index contributed by atoms with van der Waals surface area (Å²) in [4.78, 5) is 28.0. The van der Waals surface area contributed by atoms with Crippen molar-refractivity contribution in [2.24, 2.45) is 0 Å². The Morgan fingerprint density at radius 1 is 0.909 bits per heavy atom. The van der Waals surface area contributed by atoms with Crippen LogP contribution in [0.25, 0.3) is 0 Å². The van der Waals surface area contributed by atoms with Crippen LogP contribution >= 0.6 is 0 Å². The smallest absolute Gasteiger partial charge is 0.256 e. The highest BCUT2D eigenvalue weighted by molar-refractivity contribution is 7.89. The van der Waals surface area contributed by atoms with E-state index in [-0.39, 0.29) is 29.3 Å². The summed E-state index contributed by atoms with van der Waals surface area (Å²) in [6, 6.07) is 10.6. The molecule has 2 fully saturated rings. The number of benzene rings is 2. The number of carbonyl (C=O) groups excluding carboxylic acids is 2. The second kappa shape index (κ2) is 9.58. The Morgan fingerprint density at radius 2 is 1.55 bits per heavy atom. The fraction of sp³-hybridized carbons (Fsp3) is 0.391. The zero-order valence-corrected chi connectivity index (χ0v) is 19.2. The molecule has 0 saturated carbocycles. The summed E-state index contributed by atoms with van der Waals surface area (Å²) in [6.07, 6.45) is 0. The van der Waals surface area contributed by atoms with Crippen molar-refractivity contribution in [1.29, 1.82) is 0 Å². The number of Topliss-reactive ketones (excluding diaryl/α,β-unsaturated/α-hetero) is 1. The molecule has 1 amide bonds. The van der Waals surface area contributed by atoms with Gasteiger partial charge in [-0.15, -0.1) is 0 Å². The first-order valence-electron chi connectivity index (χ1n) is 10.8. The molecule has 176 valence electrons. The minimum atomic E-state index is -3.84. The van der Waals surface area contributed by atoms with Crippen LogP contribution in [0, 0.1) is 5.82 Å². The third-order valence-corrected chi connectivity index (χ3v) is 7.88.